The van der Waals surface area contributed by atoms with E-state index in [1.54, 1.807) is 0 Å². The molecule has 0 saturated heterocycles. The second-order valence-electron chi connectivity index (χ2n) is 6.51. The molecule has 0 N–H and O–H groups in total. The highest BCUT2D eigenvalue weighted by Gasteiger charge is 2.05. The van der Waals surface area contributed by atoms with E-state index in [0.29, 0.717) is 0 Å². The van der Waals surface area contributed by atoms with Crippen LogP contribution in [0.25, 0.3) is 0 Å². The van der Waals surface area contributed by atoms with Crippen LogP contribution in [0.4, 0.5) is 0 Å². The summed E-state index contributed by atoms with van der Waals surface area (Å²) in [7, 11) is 6.81. The van der Waals surface area contributed by atoms with Gasteiger partial charge < -0.3 is 16.9 Å². The van der Waals surface area contributed by atoms with E-state index in [2.05, 4.69) is 39.8 Å². The van der Waals surface area contributed by atoms with Gasteiger partial charge >= 0.3 is 0 Å². The molecule has 0 aliphatic carbocycles. The average Bonchev–Trinajstić information content (AvgIpc) is 2.29. The molecule has 0 spiro atoms. The molecule has 3 heteroatoms. The summed E-state index contributed by atoms with van der Waals surface area (Å²) in [5.41, 5.74) is 0. The number of rotatable bonds is 13. The number of hydrogen-bond donors (Lipinski definition) is 0. The van der Waals surface area contributed by atoms with Crippen LogP contribution in [0.1, 0.15) is 71.1 Å². The summed E-state index contributed by atoms with van der Waals surface area (Å²) >= 11 is 2.11. The summed E-state index contributed by atoms with van der Waals surface area (Å²) < 4.78 is 1.09. The molecule has 0 amide bonds. The second-order valence-corrected chi connectivity index (χ2v) is 7.58. The Bertz CT molecular complexity index is 169. The van der Waals surface area contributed by atoms with Crippen molar-refractivity contribution in [2.75, 3.05) is 32.8 Å². The average molecular weight is 310 g/mol. The summed E-state index contributed by atoms with van der Waals surface area (Å²) in [4.78, 5) is 0. The molecule has 0 aliphatic rings. The fraction of sp³-hybridized carbons (Fsp3) is 1.00. The lowest BCUT2D eigenvalue weighted by atomic mass is 10.1. The summed E-state index contributed by atoms with van der Waals surface area (Å²) in [6.07, 6.45) is 14.4. The molecule has 0 radical (unpaired) electrons. The van der Waals surface area contributed by atoms with Gasteiger partial charge in [-0.15, -0.1) is 11.8 Å². The van der Waals surface area contributed by atoms with Gasteiger partial charge in [0.05, 0.1) is 21.1 Å². The lowest BCUT2D eigenvalue weighted by molar-refractivity contribution is -0.857. The van der Waals surface area contributed by atoms with Gasteiger partial charge in [-0.05, 0) is 12.2 Å². The largest absolute Gasteiger partial charge is 1.00 e. The Kier molecular flexibility index (Phi) is 17.3. The topological polar surface area (TPSA) is 0 Å². The SMILES string of the molecule is CCCCCCCCCCCCSC[N+](C)(C)C.[Cl-]. The number of hydrogen-bond acceptors (Lipinski definition) is 1. The molecule has 1 nitrogen and oxygen atoms in total. The highest BCUT2D eigenvalue weighted by Crippen LogP contribution is 2.13. The number of halogens is 1. The van der Waals surface area contributed by atoms with E-state index in [1.165, 1.54) is 75.8 Å². The number of thioether (sulfide) groups is 1. The molecule has 0 unspecified atom stereocenters. The van der Waals surface area contributed by atoms with Gasteiger partial charge in [0.25, 0.3) is 0 Å². The molecule has 0 aliphatic heterocycles. The molecule has 0 aromatic heterocycles. The maximum atomic E-state index is 2.29. The first kappa shape index (κ1) is 21.9. The molecular weight excluding hydrogens is 274 g/mol. The van der Waals surface area contributed by atoms with Crippen LogP contribution in [-0.2, 0) is 0 Å². The van der Waals surface area contributed by atoms with E-state index in [9.17, 15) is 0 Å². The highest BCUT2D eigenvalue weighted by atomic mass is 35.5. The highest BCUT2D eigenvalue weighted by molar-refractivity contribution is 7.99. The van der Waals surface area contributed by atoms with Crippen molar-refractivity contribution in [2.24, 2.45) is 0 Å². The fourth-order valence-corrected chi connectivity index (χ4v) is 3.12. The van der Waals surface area contributed by atoms with E-state index in [0.717, 1.165) is 4.48 Å². The summed E-state index contributed by atoms with van der Waals surface area (Å²) in [5.74, 6) is 2.60. The van der Waals surface area contributed by atoms with Crippen LogP contribution in [0.2, 0.25) is 0 Å². The minimum atomic E-state index is 0. The van der Waals surface area contributed by atoms with Crippen molar-refractivity contribution in [3.05, 3.63) is 0 Å². The Morgan fingerprint density at radius 3 is 1.53 bits per heavy atom. The minimum Gasteiger partial charge on any atom is -1.00 e. The van der Waals surface area contributed by atoms with E-state index in [-0.39, 0.29) is 12.4 Å². The Morgan fingerprint density at radius 2 is 1.11 bits per heavy atom. The third kappa shape index (κ3) is 21.1. The maximum absolute atomic E-state index is 2.29. The fourth-order valence-electron chi connectivity index (χ4n) is 2.03. The van der Waals surface area contributed by atoms with Crippen molar-refractivity contribution in [1.82, 2.24) is 0 Å². The predicted octanol–water partition coefficient (Wildman–Crippen LogP) is 2.31. The molecule has 118 valence electrons. The molecular formula is C16H36ClNS. The lowest BCUT2D eigenvalue weighted by Gasteiger charge is -2.22. The summed E-state index contributed by atoms with van der Waals surface area (Å²) in [5, 5.41) is 0. The van der Waals surface area contributed by atoms with Crippen LogP contribution in [0.5, 0.6) is 0 Å². The second kappa shape index (κ2) is 15.0. The monoisotopic (exact) mass is 309 g/mol. The lowest BCUT2D eigenvalue weighted by Crippen LogP contribution is -3.00. The minimum absolute atomic E-state index is 0. The molecule has 0 atom stereocenters. The molecule has 0 rings (SSSR count). The Morgan fingerprint density at radius 1 is 0.684 bits per heavy atom. The van der Waals surface area contributed by atoms with E-state index in [1.807, 2.05) is 0 Å². The van der Waals surface area contributed by atoms with Crippen LogP contribution >= 0.6 is 11.8 Å². The first-order valence-corrected chi connectivity index (χ1v) is 9.10. The van der Waals surface area contributed by atoms with Gasteiger partial charge in [0.2, 0.25) is 0 Å². The Labute approximate surface area is 132 Å². The van der Waals surface area contributed by atoms with Crippen LogP contribution in [0.3, 0.4) is 0 Å². The molecule has 0 saturated carbocycles. The normalized spacial score (nSPS) is 11.4. The van der Waals surface area contributed by atoms with Crippen molar-refractivity contribution in [3.8, 4) is 0 Å². The van der Waals surface area contributed by atoms with Crippen LogP contribution < -0.4 is 12.4 Å². The predicted molar refractivity (Wildman–Crippen MR) is 87.2 cm³/mol. The zero-order chi connectivity index (χ0) is 13.7. The van der Waals surface area contributed by atoms with Crippen molar-refractivity contribution in [1.29, 1.82) is 0 Å². The van der Waals surface area contributed by atoms with Gasteiger partial charge in [0.15, 0.2) is 0 Å². The van der Waals surface area contributed by atoms with Crippen molar-refractivity contribution in [2.45, 2.75) is 71.1 Å². The number of unbranched alkanes of at least 4 members (excludes halogenated alkanes) is 9. The summed E-state index contributed by atoms with van der Waals surface area (Å²) in [6.45, 7) is 2.29. The Balaban J connectivity index is 0. The van der Waals surface area contributed by atoms with Gasteiger partial charge in [-0.1, -0.05) is 64.7 Å². The first-order valence-electron chi connectivity index (χ1n) is 7.94. The van der Waals surface area contributed by atoms with Crippen molar-refractivity contribution < 1.29 is 16.9 Å². The van der Waals surface area contributed by atoms with Crippen LogP contribution in [-0.4, -0.2) is 37.3 Å². The number of quaternary nitrogens is 1. The zero-order valence-electron chi connectivity index (χ0n) is 13.7. The molecule has 0 aromatic carbocycles. The smallest absolute Gasteiger partial charge is 0.125 e. The maximum Gasteiger partial charge on any atom is 0.125 e. The molecule has 0 fully saturated rings. The van der Waals surface area contributed by atoms with E-state index in [4.69, 9.17) is 0 Å². The summed E-state index contributed by atoms with van der Waals surface area (Å²) in [6, 6.07) is 0. The standard InChI is InChI=1S/C16H36NS.ClH/c1-5-6-7-8-9-10-11-12-13-14-15-18-16-17(2,3)4;/h5-16H2,1-4H3;1H/q+1;/p-1. The Hall–Kier alpha value is 0.600. The van der Waals surface area contributed by atoms with Gasteiger partial charge in [-0.25, -0.2) is 0 Å². The van der Waals surface area contributed by atoms with E-state index < -0.39 is 0 Å². The molecule has 0 aromatic rings. The van der Waals surface area contributed by atoms with Crippen molar-refractivity contribution in [3.63, 3.8) is 0 Å². The molecule has 0 heterocycles. The third-order valence-corrected chi connectivity index (χ3v) is 4.66. The van der Waals surface area contributed by atoms with Gasteiger partial charge in [-0.2, -0.15) is 0 Å². The van der Waals surface area contributed by atoms with Gasteiger partial charge in [-0.3, -0.25) is 0 Å². The van der Waals surface area contributed by atoms with Crippen LogP contribution in [0.15, 0.2) is 0 Å². The molecule has 0 bridgehead atoms. The third-order valence-electron chi connectivity index (χ3n) is 3.12. The zero-order valence-corrected chi connectivity index (χ0v) is 15.3. The van der Waals surface area contributed by atoms with E-state index >= 15 is 0 Å². The quantitative estimate of drug-likeness (QED) is 0.286. The van der Waals surface area contributed by atoms with Gasteiger partial charge in [0, 0.05) is 0 Å². The van der Waals surface area contributed by atoms with Crippen LogP contribution in [0, 0.1) is 0 Å². The van der Waals surface area contributed by atoms with Crippen molar-refractivity contribution >= 4 is 11.8 Å². The molecule has 19 heavy (non-hydrogen) atoms. The first-order chi connectivity index (χ1) is 8.56. The van der Waals surface area contributed by atoms with Gasteiger partial charge in [0.1, 0.15) is 5.88 Å². The number of nitrogens with zero attached hydrogens (tertiary/aromatic N) is 1.